The highest BCUT2D eigenvalue weighted by atomic mass is 32.2. The second-order valence-corrected chi connectivity index (χ2v) is 7.17. The lowest BCUT2D eigenvalue weighted by Gasteiger charge is -2.43. The zero-order chi connectivity index (χ0) is 13.0. The molecule has 2 fully saturated rings. The third-order valence-electron chi connectivity index (χ3n) is 5.25. The average Bonchev–Trinajstić information content (AvgIpc) is 3.04. The van der Waals surface area contributed by atoms with E-state index in [0.717, 1.165) is 12.8 Å². The Morgan fingerprint density at radius 1 is 0.895 bits per heavy atom. The Balaban J connectivity index is 1.78. The molecule has 1 aromatic rings. The van der Waals surface area contributed by atoms with Gasteiger partial charge in [0.05, 0.1) is 12.2 Å². The maximum absolute atomic E-state index is 5.80. The molecule has 0 N–H and O–H groups in total. The summed E-state index contributed by atoms with van der Waals surface area (Å²) in [6.45, 7) is 0. The molecule has 3 heteroatoms. The minimum absolute atomic E-state index is 0.409. The van der Waals surface area contributed by atoms with Crippen molar-refractivity contribution < 1.29 is 9.47 Å². The van der Waals surface area contributed by atoms with Crippen molar-refractivity contribution >= 4 is 11.8 Å². The summed E-state index contributed by atoms with van der Waals surface area (Å²) in [6.07, 6.45) is 3.10. The maximum atomic E-state index is 5.80. The van der Waals surface area contributed by atoms with Crippen molar-refractivity contribution in [2.45, 2.75) is 35.5 Å². The van der Waals surface area contributed by atoms with E-state index >= 15 is 0 Å². The van der Waals surface area contributed by atoms with Gasteiger partial charge >= 0.3 is 0 Å². The lowest BCUT2D eigenvalue weighted by atomic mass is 9.66. The number of rotatable bonds is 2. The van der Waals surface area contributed by atoms with E-state index < -0.39 is 0 Å². The first kappa shape index (κ1) is 12.2. The van der Waals surface area contributed by atoms with Crippen LogP contribution in [-0.4, -0.2) is 26.4 Å². The first-order valence-corrected chi connectivity index (χ1v) is 8.09. The predicted molar refractivity (Wildman–Crippen MR) is 77.3 cm³/mol. The van der Waals surface area contributed by atoms with Gasteiger partial charge < -0.3 is 9.47 Å². The van der Waals surface area contributed by atoms with Crippen LogP contribution in [0.2, 0.25) is 0 Å². The zero-order valence-electron chi connectivity index (χ0n) is 11.4. The molecule has 0 aromatic heterocycles. The van der Waals surface area contributed by atoms with E-state index in [1.54, 1.807) is 11.1 Å². The topological polar surface area (TPSA) is 18.5 Å². The molecule has 102 valence electrons. The van der Waals surface area contributed by atoms with Crippen LogP contribution in [0, 0.1) is 11.8 Å². The van der Waals surface area contributed by atoms with Gasteiger partial charge in [0.1, 0.15) is 0 Å². The number of fused-ring (bicyclic) bond motifs is 8. The number of benzene rings is 1. The summed E-state index contributed by atoms with van der Waals surface area (Å²) in [5.41, 5.74) is 3.11. The van der Waals surface area contributed by atoms with Crippen molar-refractivity contribution in [2.75, 3.05) is 14.2 Å². The summed E-state index contributed by atoms with van der Waals surface area (Å²) in [5, 5.41) is 1.24. The molecule has 1 aliphatic carbocycles. The van der Waals surface area contributed by atoms with Gasteiger partial charge in [0, 0.05) is 36.6 Å². The second kappa shape index (κ2) is 4.51. The highest BCUT2D eigenvalue weighted by Gasteiger charge is 2.58. The van der Waals surface area contributed by atoms with E-state index in [4.69, 9.17) is 9.47 Å². The SMILES string of the molecule is CO[C@H]1CC[C@@H](OC)C2C1[C@@H]1S[C@H]2c2ccccc21. The van der Waals surface area contributed by atoms with Crippen LogP contribution in [0.3, 0.4) is 0 Å². The minimum atomic E-state index is 0.409. The Morgan fingerprint density at radius 3 is 1.79 bits per heavy atom. The van der Waals surface area contributed by atoms with Crippen LogP contribution in [0.4, 0.5) is 0 Å². The number of ether oxygens (including phenoxy) is 2. The Kier molecular flexibility index (Phi) is 2.90. The summed E-state index contributed by atoms with van der Waals surface area (Å²) in [7, 11) is 3.74. The molecule has 4 rings (SSSR count). The van der Waals surface area contributed by atoms with E-state index in [2.05, 4.69) is 36.0 Å². The summed E-state index contributed by atoms with van der Waals surface area (Å²) < 4.78 is 11.6. The Morgan fingerprint density at radius 2 is 1.37 bits per heavy atom. The van der Waals surface area contributed by atoms with Crippen molar-refractivity contribution in [3.63, 3.8) is 0 Å². The third-order valence-corrected chi connectivity index (χ3v) is 6.97. The van der Waals surface area contributed by atoms with Gasteiger partial charge in [-0.2, -0.15) is 0 Å². The third kappa shape index (κ3) is 1.58. The molecule has 2 heterocycles. The molecule has 0 amide bonds. The Labute approximate surface area is 118 Å². The van der Waals surface area contributed by atoms with Crippen molar-refractivity contribution in [2.24, 2.45) is 11.8 Å². The molecule has 6 atom stereocenters. The lowest BCUT2D eigenvalue weighted by molar-refractivity contribution is -0.0751. The fraction of sp³-hybridized carbons (Fsp3) is 0.625. The van der Waals surface area contributed by atoms with Gasteiger partial charge in [-0.25, -0.2) is 0 Å². The van der Waals surface area contributed by atoms with Gasteiger partial charge in [-0.15, -0.1) is 11.8 Å². The molecule has 19 heavy (non-hydrogen) atoms. The number of hydrogen-bond donors (Lipinski definition) is 0. The van der Waals surface area contributed by atoms with Crippen LogP contribution in [0.1, 0.15) is 34.5 Å². The largest absolute Gasteiger partial charge is 0.381 e. The predicted octanol–water partition coefficient (Wildman–Crippen LogP) is 3.59. The van der Waals surface area contributed by atoms with Gasteiger partial charge in [-0.1, -0.05) is 24.3 Å². The number of thioether (sulfide) groups is 1. The van der Waals surface area contributed by atoms with Crippen LogP contribution < -0.4 is 0 Å². The molecule has 3 aliphatic rings. The smallest absolute Gasteiger partial charge is 0.0618 e. The fourth-order valence-electron chi connectivity index (χ4n) is 4.48. The molecule has 2 unspecified atom stereocenters. The zero-order valence-corrected chi connectivity index (χ0v) is 12.2. The maximum Gasteiger partial charge on any atom is 0.0618 e. The monoisotopic (exact) mass is 276 g/mol. The highest BCUT2D eigenvalue weighted by molar-refractivity contribution is 8.00. The van der Waals surface area contributed by atoms with Gasteiger partial charge in [0.25, 0.3) is 0 Å². The van der Waals surface area contributed by atoms with Crippen molar-refractivity contribution in [1.82, 2.24) is 0 Å². The average molecular weight is 276 g/mol. The summed E-state index contributed by atoms with van der Waals surface area (Å²) >= 11 is 2.14. The summed E-state index contributed by atoms with van der Waals surface area (Å²) in [5.74, 6) is 1.27. The first-order chi connectivity index (χ1) is 9.35. The van der Waals surface area contributed by atoms with Crippen molar-refractivity contribution in [3.05, 3.63) is 35.4 Å². The highest BCUT2D eigenvalue weighted by Crippen LogP contribution is 2.69. The number of methoxy groups -OCH3 is 2. The van der Waals surface area contributed by atoms with Crippen LogP contribution in [0.15, 0.2) is 24.3 Å². The molecular formula is C16H20O2S. The van der Waals surface area contributed by atoms with E-state index in [-0.39, 0.29) is 0 Å². The normalized spacial score (nSPS) is 43.1. The van der Waals surface area contributed by atoms with Crippen LogP contribution >= 0.6 is 11.8 Å². The quantitative estimate of drug-likeness (QED) is 0.822. The van der Waals surface area contributed by atoms with Crippen LogP contribution in [-0.2, 0) is 9.47 Å². The Bertz CT molecular complexity index is 446. The molecule has 0 radical (unpaired) electrons. The van der Waals surface area contributed by atoms with Crippen molar-refractivity contribution in [3.8, 4) is 0 Å². The van der Waals surface area contributed by atoms with Crippen LogP contribution in [0.5, 0.6) is 0 Å². The Hall–Kier alpha value is -0.510. The van der Waals surface area contributed by atoms with E-state index in [0.29, 0.717) is 34.5 Å². The lowest BCUT2D eigenvalue weighted by Crippen LogP contribution is -2.44. The van der Waals surface area contributed by atoms with E-state index in [1.165, 1.54) is 0 Å². The van der Waals surface area contributed by atoms with Gasteiger partial charge in [-0.05, 0) is 24.0 Å². The molecule has 2 bridgehead atoms. The number of hydrogen-bond acceptors (Lipinski definition) is 3. The van der Waals surface area contributed by atoms with Gasteiger partial charge in [0.15, 0.2) is 0 Å². The molecule has 2 aliphatic heterocycles. The second-order valence-electron chi connectivity index (χ2n) is 5.89. The molecule has 1 aromatic carbocycles. The van der Waals surface area contributed by atoms with Gasteiger partial charge in [0.2, 0.25) is 0 Å². The van der Waals surface area contributed by atoms with Gasteiger partial charge in [-0.3, -0.25) is 0 Å². The van der Waals surface area contributed by atoms with E-state index in [1.807, 2.05) is 14.2 Å². The van der Waals surface area contributed by atoms with Crippen molar-refractivity contribution in [1.29, 1.82) is 0 Å². The molecule has 1 saturated carbocycles. The fourth-order valence-corrected chi connectivity index (χ4v) is 6.60. The summed E-state index contributed by atoms with van der Waals surface area (Å²) in [6, 6.07) is 8.97. The summed E-state index contributed by atoms with van der Waals surface area (Å²) in [4.78, 5) is 0. The molecule has 0 spiro atoms. The van der Waals surface area contributed by atoms with E-state index in [9.17, 15) is 0 Å². The standard InChI is InChI=1S/C16H20O2S/c1-17-11-7-8-12(18-2)14-13(11)15-9-5-3-4-6-10(9)16(14)19-15/h3-6,11-16H,7-8H2,1-2H3/t11-,12+,13?,14?,15+,16-. The first-order valence-electron chi connectivity index (χ1n) is 7.15. The molecular weight excluding hydrogens is 256 g/mol. The molecule has 2 nitrogen and oxygen atoms in total. The minimum Gasteiger partial charge on any atom is -0.381 e. The molecule has 1 saturated heterocycles. The van der Waals surface area contributed by atoms with Crippen LogP contribution in [0.25, 0.3) is 0 Å².